The molecule has 0 spiro atoms. The zero-order chi connectivity index (χ0) is 15.9. The summed E-state index contributed by atoms with van der Waals surface area (Å²) >= 11 is 0. The number of carbonyl (C=O) groups is 2. The molecule has 116 valence electrons. The maximum atomic E-state index is 12.1. The van der Waals surface area contributed by atoms with E-state index in [9.17, 15) is 9.59 Å². The molecule has 0 aliphatic carbocycles. The molecule has 7 nitrogen and oxygen atoms in total. The number of hydrogen-bond donors (Lipinski definition) is 1. The van der Waals surface area contributed by atoms with Gasteiger partial charge >= 0.3 is 12.1 Å². The summed E-state index contributed by atoms with van der Waals surface area (Å²) in [4.78, 5) is 29.9. The van der Waals surface area contributed by atoms with Crippen LogP contribution in [0.2, 0.25) is 0 Å². The van der Waals surface area contributed by atoms with E-state index in [-0.39, 0.29) is 18.0 Å². The quantitative estimate of drug-likeness (QED) is 0.633. The van der Waals surface area contributed by atoms with Crippen molar-refractivity contribution in [3.05, 3.63) is 0 Å². The molecular weight excluding hydrogens is 260 g/mol. The third-order valence-corrected chi connectivity index (χ3v) is 2.57. The van der Waals surface area contributed by atoms with Crippen molar-refractivity contribution in [2.75, 3.05) is 28.3 Å². The van der Waals surface area contributed by atoms with Crippen LogP contribution in [0.1, 0.15) is 27.2 Å². The van der Waals surface area contributed by atoms with Crippen LogP contribution in [-0.2, 0) is 4.74 Å². The van der Waals surface area contributed by atoms with Crippen LogP contribution in [0.15, 0.2) is 4.99 Å². The van der Waals surface area contributed by atoms with Crippen LogP contribution in [0.4, 0.5) is 9.59 Å². The maximum Gasteiger partial charge on any atom is 0.436 e. The molecule has 0 saturated heterocycles. The molecule has 3 amide bonds. The Hall–Kier alpha value is -1.79. The number of nitrogens with zero attached hydrogens (tertiary/aromatic N) is 3. The summed E-state index contributed by atoms with van der Waals surface area (Å²) in [6.45, 7) is 6.13. The molecule has 7 heteroatoms. The van der Waals surface area contributed by atoms with E-state index in [4.69, 9.17) is 0 Å². The van der Waals surface area contributed by atoms with Gasteiger partial charge in [-0.05, 0) is 19.3 Å². The van der Waals surface area contributed by atoms with E-state index in [1.165, 1.54) is 12.0 Å². The van der Waals surface area contributed by atoms with Crippen LogP contribution in [0.3, 0.4) is 0 Å². The summed E-state index contributed by atoms with van der Waals surface area (Å²) in [6.07, 6.45) is 0.133. The summed E-state index contributed by atoms with van der Waals surface area (Å²) in [5, 5.41) is 2.86. The summed E-state index contributed by atoms with van der Waals surface area (Å²) in [5.41, 5.74) is 0. The van der Waals surface area contributed by atoms with Crippen molar-refractivity contribution in [1.82, 2.24) is 15.1 Å². The van der Waals surface area contributed by atoms with Gasteiger partial charge in [-0.2, -0.15) is 0 Å². The third-order valence-electron chi connectivity index (χ3n) is 2.57. The Morgan fingerprint density at radius 3 is 2.15 bits per heavy atom. The Morgan fingerprint density at radius 1 is 1.20 bits per heavy atom. The van der Waals surface area contributed by atoms with Crippen molar-refractivity contribution < 1.29 is 14.3 Å². The smallest absolute Gasteiger partial charge is 0.436 e. The minimum absolute atomic E-state index is 0.0477. The molecule has 0 fully saturated rings. The van der Waals surface area contributed by atoms with Gasteiger partial charge in [0.2, 0.25) is 5.96 Å². The average molecular weight is 286 g/mol. The van der Waals surface area contributed by atoms with Gasteiger partial charge in [-0.15, -0.1) is 4.99 Å². The molecule has 0 heterocycles. The Morgan fingerprint density at radius 2 is 1.75 bits per heavy atom. The second-order valence-electron chi connectivity index (χ2n) is 5.32. The molecule has 0 aromatic carbocycles. The molecule has 1 N–H and O–H groups in total. The molecule has 0 radical (unpaired) electrons. The Kier molecular flexibility index (Phi) is 7.64. The Bertz CT molecular complexity index is 367. The predicted molar refractivity (Wildman–Crippen MR) is 78.7 cm³/mol. The number of nitrogens with one attached hydrogen (secondary N) is 1. The molecule has 0 saturated carbocycles. The van der Waals surface area contributed by atoms with E-state index < -0.39 is 6.09 Å². The Balaban J connectivity index is 4.82. The first-order chi connectivity index (χ1) is 9.18. The van der Waals surface area contributed by atoms with E-state index >= 15 is 0 Å². The minimum Gasteiger partial charge on any atom is -0.451 e. The number of guanidine groups is 1. The van der Waals surface area contributed by atoms with Crippen molar-refractivity contribution in [3.8, 4) is 0 Å². The molecule has 0 aromatic rings. The van der Waals surface area contributed by atoms with Gasteiger partial charge in [-0.25, -0.2) is 9.59 Å². The van der Waals surface area contributed by atoms with Crippen LogP contribution in [0.5, 0.6) is 0 Å². The molecule has 1 atom stereocenters. The number of methoxy groups -OCH3 is 1. The van der Waals surface area contributed by atoms with E-state index in [0.717, 1.165) is 6.42 Å². The SMILES string of the molecule is COC(=O)/N=C(/N(C)C)N(C)C(=O)NC(C)CC(C)C. The van der Waals surface area contributed by atoms with Crippen molar-refractivity contribution in [2.45, 2.75) is 33.2 Å². The minimum atomic E-state index is -0.747. The molecule has 0 aromatic heterocycles. The summed E-state index contributed by atoms with van der Waals surface area (Å²) < 4.78 is 4.48. The normalized spacial score (nSPS) is 12.9. The number of rotatable bonds is 3. The van der Waals surface area contributed by atoms with Crippen LogP contribution in [0.25, 0.3) is 0 Å². The van der Waals surface area contributed by atoms with Crippen LogP contribution in [0, 0.1) is 5.92 Å². The van der Waals surface area contributed by atoms with Crippen molar-refractivity contribution in [3.63, 3.8) is 0 Å². The lowest BCUT2D eigenvalue weighted by molar-refractivity contribution is 0.181. The predicted octanol–water partition coefficient (Wildman–Crippen LogP) is 1.75. The van der Waals surface area contributed by atoms with Gasteiger partial charge in [-0.3, -0.25) is 4.90 Å². The molecule has 0 bridgehead atoms. The topological polar surface area (TPSA) is 74.2 Å². The van der Waals surface area contributed by atoms with Gasteiger partial charge in [0.25, 0.3) is 0 Å². The maximum absolute atomic E-state index is 12.1. The van der Waals surface area contributed by atoms with Gasteiger partial charge in [-0.1, -0.05) is 13.8 Å². The van der Waals surface area contributed by atoms with Crippen molar-refractivity contribution >= 4 is 18.1 Å². The van der Waals surface area contributed by atoms with Gasteiger partial charge < -0.3 is 15.0 Å². The van der Waals surface area contributed by atoms with E-state index in [1.54, 1.807) is 26.0 Å². The van der Waals surface area contributed by atoms with Crippen LogP contribution in [-0.4, -0.2) is 62.2 Å². The fourth-order valence-corrected chi connectivity index (χ4v) is 1.77. The lowest BCUT2D eigenvalue weighted by atomic mass is 10.1. The lowest BCUT2D eigenvalue weighted by Crippen LogP contribution is -2.49. The number of hydrogen-bond acceptors (Lipinski definition) is 3. The first kappa shape index (κ1) is 18.2. The van der Waals surface area contributed by atoms with Crippen molar-refractivity contribution in [1.29, 1.82) is 0 Å². The average Bonchev–Trinajstić information content (AvgIpc) is 2.32. The summed E-state index contributed by atoms with van der Waals surface area (Å²) in [5.74, 6) is 0.707. The number of aliphatic imine (C=N–C) groups is 1. The second kappa shape index (κ2) is 8.39. The molecule has 0 rings (SSSR count). The number of urea groups is 1. The number of ether oxygens (including phenoxy) is 1. The Labute approximate surface area is 121 Å². The highest BCUT2D eigenvalue weighted by atomic mass is 16.5. The van der Waals surface area contributed by atoms with E-state index in [1.807, 2.05) is 6.92 Å². The van der Waals surface area contributed by atoms with Crippen molar-refractivity contribution in [2.24, 2.45) is 10.9 Å². The van der Waals surface area contributed by atoms with E-state index in [0.29, 0.717) is 5.92 Å². The zero-order valence-corrected chi connectivity index (χ0v) is 13.4. The second-order valence-corrected chi connectivity index (χ2v) is 5.32. The zero-order valence-electron chi connectivity index (χ0n) is 13.4. The first-order valence-electron chi connectivity index (χ1n) is 6.57. The van der Waals surface area contributed by atoms with E-state index in [2.05, 4.69) is 28.9 Å². The van der Waals surface area contributed by atoms with Gasteiger partial charge in [0.15, 0.2) is 0 Å². The number of carbonyl (C=O) groups excluding carboxylic acids is 2. The van der Waals surface area contributed by atoms with Crippen LogP contribution < -0.4 is 5.32 Å². The molecular formula is C13H26N4O3. The highest BCUT2D eigenvalue weighted by Crippen LogP contribution is 2.04. The standard InChI is InChI=1S/C13H26N4O3/c1-9(2)8-10(3)14-12(18)17(6)11(16(4)5)15-13(19)20-7/h9-10H,8H2,1-7H3,(H,14,18)/b15-11-. The monoisotopic (exact) mass is 286 g/mol. The van der Waals surface area contributed by atoms with Gasteiger partial charge in [0.05, 0.1) is 7.11 Å². The molecule has 0 aliphatic heterocycles. The van der Waals surface area contributed by atoms with Gasteiger partial charge in [0, 0.05) is 27.2 Å². The lowest BCUT2D eigenvalue weighted by Gasteiger charge is -2.26. The number of amides is 3. The highest BCUT2D eigenvalue weighted by molar-refractivity contribution is 5.99. The fourth-order valence-electron chi connectivity index (χ4n) is 1.77. The summed E-state index contributed by atoms with van der Waals surface area (Å²) in [7, 11) is 6.19. The third kappa shape index (κ3) is 6.40. The first-order valence-corrected chi connectivity index (χ1v) is 6.57. The fraction of sp³-hybridized carbons (Fsp3) is 0.769. The molecule has 0 aliphatic rings. The van der Waals surface area contributed by atoms with Gasteiger partial charge in [0.1, 0.15) is 0 Å². The van der Waals surface area contributed by atoms with Crippen LogP contribution >= 0.6 is 0 Å². The molecule has 20 heavy (non-hydrogen) atoms. The molecule has 1 unspecified atom stereocenters. The largest absolute Gasteiger partial charge is 0.451 e. The summed E-state index contributed by atoms with van der Waals surface area (Å²) in [6, 6.07) is -0.263. The highest BCUT2D eigenvalue weighted by Gasteiger charge is 2.20.